The predicted molar refractivity (Wildman–Crippen MR) is 78.8 cm³/mol. The van der Waals surface area contributed by atoms with E-state index in [1.54, 1.807) is 0 Å². The van der Waals surface area contributed by atoms with Gasteiger partial charge in [0.2, 0.25) is 0 Å². The molecule has 8 heteroatoms. The van der Waals surface area contributed by atoms with E-state index in [1.807, 2.05) is 0 Å². The Morgan fingerprint density at radius 1 is 1.10 bits per heavy atom. The lowest BCUT2D eigenvalue weighted by atomic mass is 10.2. The Labute approximate surface area is 129 Å². The van der Waals surface area contributed by atoms with Crippen molar-refractivity contribution >= 4 is 42.9 Å². The highest BCUT2D eigenvalue weighted by Gasteiger charge is 2.11. The average Bonchev–Trinajstić information content (AvgIpc) is 2.41. The second kappa shape index (κ2) is 6.01. The van der Waals surface area contributed by atoms with E-state index in [0.29, 0.717) is 5.69 Å². The summed E-state index contributed by atoms with van der Waals surface area (Å²) in [6, 6.07) is 8.86. The van der Waals surface area contributed by atoms with Gasteiger partial charge in [0.1, 0.15) is 5.82 Å². The normalized spacial score (nSPS) is 11.2. The molecule has 0 atom stereocenters. The van der Waals surface area contributed by atoms with Gasteiger partial charge in [0.25, 0.3) is 15.0 Å². The first kappa shape index (κ1) is 15.8. The third kappa shape index (κ3) is 3.93. The van der Waals surface area contributed by atoms with E-state index in [9.17, 15) is 17.6 Å². The van der Waals surface area contributed by atoms with E-state index in [1.165, 1.54) is 36.4 Å². The van der Waals surface area contributed by atoms with E-state index < -0.39 is 20.8 Å². The Balaban J connectivity index is 2.18. The molecule has 0 aromatic heterocycles. The van der Waals surface area contributed by atoms with Gasteiger partial charge >= 0.3 is 0 Å². The third-order valence-electron chi connectivity index (χ3n) is 2.58. The van der Waals surface area contributed by atoms with Gasteiger partial charge in [-0.3, -0.25) is 4.79 Å². The fourth-order valence-corrected chi connectivity index (χ4v) is 2.49. The molecule has 1 amide bonds. The van der Waals surface area contributed by atoms with Crippen LogP contribution in [-0.2, 0) is 9.05 Å². The lowest BCUT2D eigenvalue weighted by Crippen LogP contribution is -2.12. The molecule has 2 rings (SSSR count). The summed E-state index contributed by atoms with van der Waals surface area (Å²) in [6.45, 7) is 0. The van der Waals surface area contributed by atoms with Crippen molar-refractivity contribution in [3.63, 3.8) is 0 Å². The molecule has 2 aromatic rings. The standard InChI is InChI=1S/C13H8Cl2FNO3S/c14-11-7-8(1-6-12(11)16)13(18)17-9-2-4-10(5-3-9)21(15,19)20/h1-7H,(H,17,18). The van der Waals surface area contributed by atoms with Crippen molar-refractivity contribution < 1.29 is 17.6 Å². The van der Waals surface area contributed by atoms with Crippen LogP contribution >= 0.6 is 22.3 Å². The first-order valence-electron chi connectivity index (χ1n) is 5.58. The molecule has 1 N–H and O–H groups in total. The summed E-state index contributed by atoms with van der Waals surface area (Å²) >= 11 is 5.60. The fraction of sp³-hybridized carbons (Fsp3) is 0. The van der Waals surface area contributed by atoms with Crippen molar-refractivity contribution in [1.82, 2.24) is 0 Å². The van der Waals surface area contributed by atoms with Crippen LogP contribution in [0.5, 0.6) is 0 Å². The number of hydrogen-bond donors (Lipinski definition) is 1. The topological polar surface area (TPSA) is 63.2 Å². The van der Waals surface area contributed by atoms with Crippen LogP contribution < -0.4 is 5.32 Å². The van der Waals surface area contributed by atoms with Crippen molar-refractivity contribution in [2.24, 2.45) is 0 Å². The molecule has 0 bridgehead atoms. The van der Waals surface area contributed by atoms with Crippen LogP contribution in [0.2, 0.25) is 5.02 Å². The minimum absolute atomic E-state index is 0.0769. The highest BCUT2D eigenvalue weighted by atomic mass is 35.7. The quantitative estimate of drug-likeness (QED) is 0.861. The summed E-state index contributed by atoms with van der Waals surface area (Å²) in [6.07, 6.45) is 0. The SMILES string of the molecule is O=C(Nc1ccc(S(=O)(=O)Cl)cc1)c1ccc(F)c(Cl)c1. The molecule has 0 aliphatic heterocycles. The zero-order valence-electron chi connectivity index (χ0n) is 10.3. The number of amides is 1. The fourth-order valence-electron chi connectivity index (χ4n) is 1.54. The maximum absolute atomic E-state index is 13.0. The van der Waals surface area contributed by atoms with Crippen LogP contribution in [0.1, 0.15) is 10.4 Å². The van der Waals surface area contributed by atoms with Crippen molar-refractivity contribution in [2.45, 2.75) is 4.90 Å². The maximum atomic E-state index is 13.0. The van der Waals surface area contributed by atoms with Crippen LogP contribution in [-0.4, -0.2) is 14.3 Å². The third-order valence-corrected chi connectivity index (χ3v) is 4.23. The Bertz CT molecular complexity index is 792. The van der Waals surface area contributed by atoms with Gasteiger partial charge in [0.05, 0.1) is 9.92 Å². The van der Waals surface area contributed by atoms with Crippen molar-refractivity contribution in [1.29, 1.82) is 0 Å². The van der Waals surface area contributed by atoms with Crippen LogP contribution in [0.3, 0.4) is 0 Å². The van der Waals surface area contributed by atoms with Gasteiger partial charge < -0.3 is 5.32 Å². The van der Waals surface area contributed by atoms with Gasteiger partial charge in [-0.15, -0.1) is 0 Å². The lowest BCUT2D eigenvalue weighted by molar-refractivity contribution is 0.102. The van der Waals surface area contributed by atoms with E-state index in [4.69, 9.17) is 22.3 Å². The average molecular weight is 348 g/mol. The Morgan fingerprint density at radius 2 is 1.71 bits per heavy atom. The van der Waals surface area contributed by atoms with Gasteiger partial charge in [-0.1, -0.05) is 11.6 Å². The van der Waals surface area contributed by atoms with Gasteiger partial charge in [-0.05, 0) is 42.5 Å². The summed E-state index contributed by atoms with van der Waals surface area (Å²) in [5.74, 6) is -1.12. The summed E-state index contributed by atoms with van der Waals surface area (Å²) < 4.78 is 35.2. The lowest BCUT2D eigenvalue weighted by Gasteiger charge is -2.06. The van der Waals surface area contributed by atoms with Crippen molar-refractivity contribution in [3.8, 4) is 0 Å². The number of carbonyl (C=O) groups is 1. The summed E-state index contributed by atoms with van der Waals surface area (Å²) in [5.41, 5.74) is 0.542. The largest absolute Gasteiger partial charge is 0.322 e. The molecule has 0 heterocycles. The molecule has 0 unspecified atom stereocenters. The molecule has 21 heavy (non-hydrogen) atoms. The van der Waals surface area contributed by atoms with Gasteiger partial charge in [-0.25, -0.2) is 12.8 Å². The highest BCUT2D eigenvalue weighted by Crippen LogP contribution is 2.20. The van der Waals surface area contributed by atoms with Crippen molar-refractivity contribution in [3.05, 3.63) is 58.9 Å². The zero-order valence-corrected chi connectivity index (χ0v) is 12.6. The molecule has 0 radical (unpaired) electrons. The van der Waals surface area contributed by atoms with Gasteiger partial charge in [0, 0.05) is 21.9 Å². The molecule has 0 saturated heterocycles. The van der Waals surface area contributed by atoms with Crippen LogP contribution in [0.4, 0.5) is 10.1 Å². The van der Waals surface area contributed by atoms with E-state index >= 15 is 0 Å². The minimum atomic E-state index is -3.81. The molecular weight excluding hydrogens is 340 g/mol. The first-order chi connectivity index (χ1) is 9.77. The summed E-state index contributed by atoms with van der Waals surface area (Å²) in [5, 5.41) is 2.36. The second-order valence-electron chi connectivity index (χ2n) is 4.05. The molecule has 0 saturated carbocycles. The van der Waals surface area contributed by atoms with Crippen LogP contribution in [0, 0.1) is 5.82 Å². The number of halogens is 3. The first-order valence-corrected chi connectivity index (χ1v) is 8.27. The minimum Gasteiger partial charge on any atom is -0.322 e. The van der Waals surface area contributed by atoms with E-state index in [2.05, 4.69) is 5.32 Å². The zero-order chi connectivity index (χ0) is 15.6. The number of benzene rings is 2. The molecule has 4 nitrogen and oxygen atoms in total. The summed E-state index contributed by atoms with van der Waals surface area (Å²) in [7, 11) is 1.37. The number of carbonyl (C=O) groups excluding carboxylic acids is 1. The highest BCUT2D eigenvalue weighted by molar-refractivity contribution is 8.13. The molecular formula is C13H8Cl2FNO3S. The Hall–Kier alpha value is -1.63. The second-order valence-corrected chi connectivity index (χ2v) is 7.02. The maximum Gasteiger partial charge on any atom is 0.261 e. The van der Waals surface area contributed by atoms with Gasteiger partial charge in [0.15, 0.2) is 0 Å². The van der Waals surface area contributed by atoms with Crippen LogP contribution in [0.15, 0.2) is 47.4 Å². The Morgan fingerprint density at radius 3 is 2.24 bits per heavy atom. The number of nitrogens with one attached hydrogen (secondary N) is 1. The predicted octanol–water partition coefficient (Wildman–Crippen LogP) is 3.66. The number of rotatable bonds is 3. The Kier molecular flexibility index (Phi) is 4.51. The molecule has 2 aromatic carbocycles. The molecule has 0 aliphatic carbocycles. The molecule has 0 spiro atoms. The van der Waals surface area contributed by atoms with E-state index in [0.717, 1.165) is 6.07 Å². The van der Waals surface area contributed by atoms with Crippen LogP contribution in [0.25, 0.3) is 0 Å². The molecule has 110 valence electrons. The smallest absolute Gasteiger partial charge is 0.261 e. The van der Waals surface area contributed by atoms with Crippen molar-refractivity contribution in [2.75, 3.05) is 5.32 Å². The van der Waals surface area contributed by atoms with Gasteiger partial charge in [-0.2, -0.15) is 0 Å². The van der Waals surface area contributed by atoms with E-state index in [-0.39, 0.29) is 15.5 Å². The number of anilines is 1. The molecule has 0 aliphatic rings. The summed E-state index contributed by atoms with van der Waals surface area (Å²) in [4.78, 5) is 11.8. The monoisotopic (exact) mass is 347 g/mol. The molecule has 0 fully saturated rings. The number of hydrogen-bond acceptors (Lipinski definition) is 3.